The maximum atomic E-state index is 11.8. The summed E-state index contributed by atoms with van der Waals surface area (Å²) < 4.78 is 5.11. The topological polar surface area (TPSA) is 69.4 Å². The van der Waals surface area contributed by atoms with Crippen molar-refractivity contribution in [3.05, 3.63) is 64.2 Å². The van der Waals surface area contributed by atoms with Crippen LogP contribution in [0.5, 0.6) is 5.75 Å². The first-order chi connectivity index (χ1) is 9.06. The number of carbonyl (C=O) groups excluding carboxylic acids is 1. The van der Waals surface area contributed by atoms with Gasteiger partial charge in [-0.2, -0.15) is 0 Å². The van der Waals surface area contributed by atoms with Crippen LogP contribution in [-0.4, -0.2) is 10.9 Å². The van der Waals surface area contributed by atoms with Gasteiger partial charge in [0.05, 0.1) is 10.5 Å². The lowest BCUT2D eigenvalue weighted by molar-refractivity contribution is -0.384. The maximum absolute atomic E-state index is 11.8. The summed E-state index contributed by atoms with van der Waals surface area (Å²) in [5, 5.41) is 10.5. The zero-order chi connectivity index (χ0) is 13.8. The molecule has 0 radical (unpaired) electrons. The van der Waals surface area contributed by atoms with Gasteiger partial charge in [-0.25, -0.2) is 4.79 Å². The minimum absolute atomic E-state index is 0.0732. The Morgan fingerprint density at radius 1 is 1.05 bits per heavy atom. The minimum atomic E-state index is -0.568. The van der Waals surface area contributed by atoms with Gasteiger partial charge in [-0.3, -0.25) is 10.1 Å². The molecule has 0 spiro atoms. The zero-order valence-corrected chi connectivity index (χ0v) is 10.5. The van der Waals surface area contributed by atoms with Crippen LogP contribution >= 0.6 is 12.6 Å². The van der Waals surface area contributed by atoms with E-state index in [1.54, 1.807) is 24.3 Å². The van der Waals surface area contributed by atoms with Crippen molar-refractivity contribution in [1.82, 2.24) is 0 Å². The molecule has 0 unspecified atom stereocenters. The molecule has 6 heteroatoms. The second-order valence-electron chi connectivity index (χ2n) is 3.69. The van der Waals surface area contributed by atoms with E-state index in [0.29, 0.717) is 5.75 Å². The van der Waals surface area contributed by atoms with Crippen LogP contribution in [0, 0.1) is 10.1 Å². The molecule has 0 heterocycles. The molecule has 0 amide bonds. The van der Waals surface area contributed by atoms with Crippen LogP contribution < -0.4 is 4.74 Å². The van der Waals surface area contributed by atoms with Crippen molar-refractivity contribution in [3.8, 4) is 5.75 Å². The van der Waals surface area contributed by atoms with Crippen LogP contribution in [0.2, 0.25) is 0 Å². The van der Waals surface area contributed by atoms with Gasteiger partial charge in [0.1, 0.15) is 5.75 Å². The first-order valence-electron chi connectivity index (χ1n) is 5.32. The van der Waals surface area contributed by atoms with Crippen molar-refractivity contribution in [3.63, 3.8) is 0 Å². The van der Waals surface area contributed by atoms with E-state index in [1.165, 1.54) is 24.3 Å². The summed E-state index contributed by atoms with van der Waals surface area (Å²) >= 11 is 4.12. The number of carbonyl (C=O) groups is 1. The number of nitrogens with zero attached hydrogens (tertiary/aromatic N) is 1. The number of nitro groups is 1. The van der Waals surface area contributed by atoms with Gasteiger partial charge in [0.2, 0.25) is 0 Å². The average molecular weight is 275 g/mol. The fourth-order valence-corrected chi connectivity index (χ4v) is 1.55. The van der Waals surface area contributed by atoms with Crippen molar-refractivity contribution in [2.75, 3.05) is 0 Å². The molecule has 0 fully saturated rings. The van der Waals surface area contributed by atoms with Gasteiger partial charge >= 0.3 is 5.97 Å². The average Bonchev–Trinajstić information content (AvgIpc) is 2.41. The molecule has 0 saturated heterocycles. The van der Waals surface area contributed by atoms with E-state index < -0.39 is 10.9 Å². The summed E-state index contributed by atoms with van der Waals surface area (Å²) in [7, 11) is 0. The first kappa shape index (κ1) is 13.1. The molecule has 0 saturated carbocycles. The summed E-state index contributed by atoms with van der Waals surface area (Å²) in [6, 6.07) is 11.8. The quantitative estimate of drug-likeness (QED) is 0.307. The van der Waals surface area contributed by atoms with Gasteiger partial charge in [0, 0.05) is 17.0 Å². The monoisotopic (exact) mass is 275 g/mol. The fourth-order valence-electron chi connectivity index (χ4n) is 1.40. The Kier molecular flexibility index (Phi) is 3.82. The Labute approximate surface area is 114 Å². The maximum Gasteiger partial charge on any atom is 0.343 e. The number of ether oxygens (including phenoxy) is 1. The SMILES string of the molecule is O=C(Oc1ccc(S)cc1)c1ccc([N+](=O)[O-])cc1. The van der Waals surface area contributed by atoms with Crippen molar-refractivity contribution >= 4 is 24.3 Å². The van der Waals surface area contributed by atoms with Crippen LogP contribution in [0.15, 0.2) is 53.4 Å². The normalized spacial score (nSPS) is 9.95. The van der Waals surface area contributed by atoms with Gasteiger partial charge in [0.15, 0.2) is 0 Å². The lowest BCUT2D eigenvalue weighted by atomic mass is 10.2. The number of rotatable bonds is 3. The Morgan fingerprint density at radius 2 is 1.63 bits per heavy atom. The molecular weight excluding hydrogens is 266 g/mol. The van der Waals surface area contributed by atoms with Crippen molar-refractivity contribution in [1.29, 1.82) is 0 Å². The number of nitro benzene ring substituents is 1. The van der Waals surface area contributed by atoms with E-state index >= 15 is 0 Å². The molecule has 0 aromatic heterocycles. The molecule has 2 aromatic carbocycles. The van der Waals surface area contributed by atoms with E-state index in [-0.39, 0.29) is 11.3 Å². The molecule has 0 aliphatic rings. The van der Waals surface area contributed by atoms with Crippen LogP contribution in [0.25, 0.3) is 0 Å². The summed E-state index contributed by atoms with van der Waals surface area (Å²) in [6.07, 6.45) is 0. The fraction of sp³-hybridized carbons (Fsp3) is 0. The lowest BCUT2D eigenvalue weighted by Gasteiger charge is -2.04. The molecule has 0 aliphatic carbocycles. The number of thiol groups is 1. The standard InChI is InChI=1S/C13H9NO4S/c15-13(18-11-5-7-12(19)8-6-11)9-1-3-10(4-2-9)14(16)17/h1-8,19H. The predicted octanol–water partition coefficient (Wildman–Crippen LogP) is 3.10. The third kappa shape index (κ3) is 3.32. The van der Waals surface area contributed by atoms with Gasteiger partial charge in [0.25, 0.3) is 5.69 Å². The second kappa shape index (κ2) is 5.53. The predicted molar refractivity (Wildman–Crippen MR) is 71.7 cm³/mol. The molecule has 0 N–H and O–H groups in total. The number of hydrogen-bond donors (Lipinski definition) is 1. The van der Waals surface area contributed by atoms with Gasteiger partial charge in [-0.1, -0.05) is 0 Å². The highest BCUT2D eigenvalue weighted by atomic mass is 32.1. The zero-order valence-electron chi connectivity index (χ0n) is 9.65. The van der Waals surface area contributed by atoms with Crippen LogP contribution in [0.3, 0.4) is 0 Å². The number of non-ortho nitro benzene ring substituents is 1. The smallest absolute Gasteiger partial charge is 0.343 e. The molecule has 19 heavy (non-hydrogen) atoms. The number of esters is 1. The highest BCUT2D eigenvalue weighted by Crippen LogP contribution is 2.17. The molecule has 5 nitrogen and oxygen atoms in total. The molecule has 2 aromatic rings. The van der Waals surface area contributed by atoms with Gasteiger partial charge < -0.3 is 4.74 Å². The van der Waals surface area contributed by atoms with Crippen molar-refractivity contribution in [2.45, 2.75) is 4.90 Å². The van der Waals surface area contributed by atoms with Crippen LogP contribution in [0.1, 0.15) is 10.4 Å². The Balaban J connectivity index is 2.11. The molecule has 2 rings (SSSR count). The first-order valence-corrected chi connectivity index (χ1v) is 5.76. The van der Waals surface area contributed by atoms with Crippen molar-refractivity contribution < 1.29 is 14.5 Å². The molecular formula is C13H9NO4S. The van der Waals surface area contributed by atoms with Crippen LogP contribution in [0.4, 0.5) is 5.69 Å². The third-order valence-corrected chi connectivity index (χ3v) is 2.66. The minimum Gasteiger partial charge on any atom is -0.423 e. The largest absolute Gasteiger partial charge is 0.423 e. The van der Waals surface area contributed by atoms with E-state index in [1.807, 2.05) is 0 Å². The van der Waals surface area contributed by atoms with Crippen molar-refractivity contribution in [2.24, 2.45) is 0 Å². The Bertz CT molecular complexity index is 608. The number of benzene rings is 2. The van der Waals surface area contributed by atoms with E-state index in [4.69, 9.17) is 4.74 Å². The summed E-state index contributed by atoms with van der Waals surface area (Å²) in [4.78, 5) is 22.5. The van der Waals surface area contributed by atoms with E-state index in [9.17, 15) is 14.9 Å². The van der Waals surface area contributed by atoms with E-state index in [0.717, 1.165) is 4.90 Å². The highest BCUT2D eigenvalue weighted by molar-refractivity contribution is 7.80. The molecule has 0 atom stereocenters. The lowest BCUT2D eigenvalue weighted by Crippen LogP contribution is -2.08. The summed E-state index contributed by atoms with van der Waals surface area (Å²) in [5.74, 6) is -0.178. The second-order valence-corrected chi connectivity index (χ2v) is 4.20. The molecule has 96 valence electrons. The summed E-state index contributed by atoms with van der Waals surface area (Å²) in [6.45, 7) is 0. The van der Waals surface area contributed by atoms with Crippen LogP contribution in [-0.2, 0) is 0 Å². The highest BCUT2D eigenvalue weighted by Gasteiger charge is 2.11. The van der Waals surface area contributed by atoms with Gasteiger partial charge in [-0.15, -0.1) is 12.6 Å². The number of hydrogen-bond acceptors (Lipinski definition) is 5. The molecule has 0 aliphatic heterocycles. The Morgan fingerprint density at radius 3 is 2.16 bits per heavy atom. The Hall–Kier alpha value is -2.34. The van der Waals surface area contributed by atoms with Gasteiger partial charge in [-0.05, 0) is 36.4 Å². The third-order valence-electron chi connectivity index (χ3n) is 2.36. The summed E-state index contributed by atoms with van der Waals surface area (Å²) in [5.41, 5.74) is 0.177. The van der Waals surface area contributed by atoms with E-state index in [2.05, 4.69) is 12.6 Å². The molecule has 0 bridgehead atoms.